The lowest BCUT2D eigenvalue weighted by molar-refractivity contribution is 0.604. The molecule has 0 fully saturated rings. The van der Waals surface area contributed by atoms with Crippen LogP contribution in [0.15, 0.2) is 46.7 Å². The molecule has 0 amide bonds. The fourth-order valence-electron chi connectivity index (χ4n) is 0.852. The van der Waals surface area contributed by atoms with Crippen molar-refractivity contribution in [3.8, 4) is 0 Å². The lowest BCUT2D eigenvalue weighted by Crippen LogP contribution is -1.95. The van der Waals surface area contributed by atoms with Crippen LogP contribution in [-0.4, -0.2) is 13.7 Å². The molecule has 0 aliphatic rings. The first-order chi connectivity index (χ1) is 6.17. The second kappa shape index (κ2) is 4.58. The fourth-order valence-corrected chi connectivity index (χ4v) is 2.33. The average molecular weight is 261 g/mol. The Morgan fingerprint density at radius 2 is 1.85 bits per heavy atom. The van der Waals surface area contributed by atoms with Crippen molar-refractivity contribution in [1.29, 1.82) is 0 Å². The van der Waals surface area contributed by atoms with Gasteiger partial charge in [0.15, 0.2) is 9.84 Å². The van der Waals surface area contributed by atoms with Crippen molar-refractivity contribution in [3.63, 3.8) is 0 Å². The van der Waals surface area contributed by atoms with Crippen LogP contribution >= 0.6 is 15.9 Å². The van der Waals surface area contributed by atoms with Gasteiger partial charge in [-0.3, -0.25) is 0 Å². The Balaban J connectivity index is 3.02. The van der Waals surface area contributed by atoms with Crippen molar-refractivity contribution in [1.82, 2.24) is 0 Å². The molecule has 2 nitrogen and oxygen atoms in total. The summed E-state index contributed by atoms with van der Waals surface area (Å²) in [6, 6.07) is 8.35. The third-order valence-corrected chi connectivity index (χ3v) is 3.29. The molecule has 0 aliphatic carbocycles. The third-order valence-electron chi connectivity index (χ3n) is 1.44. The van der Waals surface area contributed by atoms with Gasteiger partial charge in [0.25, 0.3) is 0 Å². The van der Waals surface area contributed by atoms with E-state index in [1.165, 1.54) is 5.41 Å². The maximum Gasteiger partial charge on any atom is 0.199 e. The summed E-state index contributed by atoms with van der Waals surface area (Å²) in [4.78, 5) is 0.326. The molecule has 0 radical (unpaired) electrons. The highest BCUT2D eigenvalue weighted by Crippen LogP contribution is 2.10. The Morgan fingerprint density at radius 1 is 1.23 bits per heavy atom. The molecule has 0 spiro atoms. The summed E-state index contributed by atoms with van der Waals surface area (Å²) >= 11 is 3.12. The molecule has 0 aliphatic heterocycles. The Hall–Kier alpha value is -0.610. The van der Waals surface area contributed by atoms with Crippen molar-refractivity contribution in [2.75, 3.05) is 5.33 Å². The molecule has 0 saturated heterocycles. The van der Waals surface area contributed by atoms with E-state index >= 15 is 0 Å². The zero-order valence-corrected chi connectivity index (χ0v) is 9.25. The van der Waals surface area contributed by atoms with Gasteiger partial charge in [-0.1, -0.05) is 40.2 Å². The summed E-state index contributed by atoms with van der Waals surface area (Å²) in [6.07, 6.45) is 1.56. The SMILES string of the molecule is O=S(=O)(/C=C\CBr)c1ccccc1. The van der Waals surface area contributed by atoms with E-state index in [0.29, 0.717) is 10.2 Å². The second-order valence-electron chi connectivity index (χ2n) is 2.38. The van der Waals surface area contributed by atoms with Crippen LogP contribution in [0.2, 0.25) is 0 Å². The highest BCUT2D eigenvalue weighted by atomic mass is 79.9. The molecular weight excluding hydrogens is 252 g/mol. The molecule has 1 aromatic rings. The number of alkyl halides is 1. The zero-order valence-electron chi connectivity index (χ0n) is 6.85. The van der Waals surface area contributed by atoms with Gasteiger partial charge in [0.2, 0.25) is 0 Å². The molecule has 70 valence electrons. The van der Waals surface area contributed by atoms with Crippen molar-refractivity contribution in [2.24, 2.45) is 0 Å². The van der Waals surface area contributed by atoms with Gasteiger partial charge in [0, 0.05) is 10.7 Å². The van der Waals surface area contributed by atoms with Crippen molar-refractivity contribution in [3.05, 3.63) is 41.8 Å². The van der Waals surface area contributed by atoms with E-state index in [-0.39, 0.29) is 0 Å². The molecule has 0 atom stereocenters. The molecule has 13 heavy (non-hydrogen) atoms. The summed E-state index contributed by atoms with van der Waals surface area (Å²) < 4.78 is 23.0. The van der Waals surface area contributed by atoms with Crippen LogP contribution in [0, 0.1) is 0 Å². The number of rotatable bonds is 3. The first-order valence-corrected chi connectivity index (χ1v) is 6.36. The normalized spacial score (nSPS) is 12.1. The lowest BCUT2D eigenvalue weighted by Gasteiger charge is -1.96. The quantitative estimate of drug-likeness (QED) is 0.783. The summed E-state index contributed by atoms with van der Waals surface area (Å²) in [5, 5.41) is 1.75. The van der Waals surface area contributed by atoms with Crippen molar-refractivity contribution < 1.29 is 8.42 Å². The minimum atomic E-state index is -3.23. The van der Waals surface area contributed by atoms with E-state index in [4.69, 9.17) is 0 Å². The van der Waals surface area contributed by atoms with Crippen LogP contribution in [0.1, 0.15) is 0 Å². The minimum absolute atomic E-state index is 0.326. The Labute approximate surface area is 86.3 Å². The molecule has 0 saturated carbocycles. The summed E-state index contributed by atoms with van der Waals surface area (Å²) in [6.45, 7) is 0. The number of halogens is 1. The highest BCUT2D eigenvalue weighted by Gasteiger charge is 2.07. The molecule has 0 N–H and O–H groups in total. The van der Waals surface area contributed by atoms with Crippen LogP contribution in [0.5, 0.6) is 0 Å². The van der Waals surface area contributed by atoms with E-state index in [0.717, 1.165) is 0 Å². The molecule has 1 rings (SSSR count). The standard InChI is InChI=1S/C9H9BrO2S/c10-7-4-8-13(11,12)9-5-2-1-3-6-9/h1-6,8H,7H2/b8-4-. The highest BCUT2D eigenvalue weighted by molar-refractivity contribution is 9.09. The summed E-state index contributed by atoms with van der Waals surface area (Å²) in [5.74, 6) is 0. The minimum Gasteiger partial charge on any atom is -0.219 e. The van der Waals surface area contributed by atoms with Crippen molar-refractivity contribution in [2.45, 2.75) is 4.90 Å². The van der Waals surface area contributed by atoms with Crippen LogP contribution in [0.4, 0.5) is 0 Å². The van der Waals surface area contributed by atoms with Crippen LogP contribution in [-0.2, 0) is 9.84 Å². The number of hydrogen-bond donors (Lipinski definition) is 0. The maximum atomic E-state index is 11.5. The number of benzene rings is 1. The fraction of sp³-hybridized carbons (Fsp3) is 0.111. The number of hydrogen-bond acceptors (Lipinski definition) is 2. The van der Waals surface area contributed by atoms with E-state index in [1.807, 2.05) is 0 Å². The summed E-state index contributed by atoms with van der Waals surface area (Å²) in [7, 11) is -3.23. The first-order valence-electron chi connectivity index (χ1n) is 3.69. The molecule has 0 aromatic heterocycles. The van der Waals surface area contributed by atoms with Gasteiger partial charge in [0.05, 0.1) is 4.90 Å². The predicted octanol–water partition coefficient (Wildman–Crippen LogP) is 2.37. The monoisotopic (exact) mass is 260 g/mol. The number of allylic oxidation sites excluding steroid dienone is 1. The Bertz CT molecular complexity index is 381. The number of sulfone groups is 1. The van der Waals surface area contributed by atoms with Gasteiger partial charge in [-0.2, -0.15) is 0 Å². The van der Waals surface area contributed by atoms with Gasteiger partial charge in [-0.15, -0.1) is 0 Å². The van der Waals surface area contributed by atoms with Crippen LogP contribution in [0.25, 0.3) is 0 Å². The molecule has 0 bridgehead atoms. The average Bonchev–Trinajstić information content (AvgIpc) is 2.16. The van der Waals surface area contributed by atoms with Gasteiger partial charge < -0.3 is 0 Å². The van der Waals surface area contributed by atoms with Gasteiger partial charge in [-0.05, 0) is 12.1 Å². The predicted molar refractivity (Wildman–Crippen MR) is 56.6 cm³/mol. The van der Waals surface area contributed by atoms with Crippen LogP contribution in [0.3, 0.4) is 0 Å². The maximum absolute atomic E-state index is 11.5. The molecule has 4 heteroatoms. The van der Waals surface area contributed by atoms with E-state index in [1.54, 1.807) is 36.4 Å². The van der Waals surface area contributed by atoms with E-state index in [2.05, 4.69) is 15.9 Å². The smallest absolute Gasteiger partial charge is 0.199 e. The largest absolute Gasteiger partial charge is 0.219 e. The van der Waals surface area contributed by atoms with Crippen LogP contribution < -0.4 is 0 Å². The van der Waals surface area contributed by atoms with Crippen molar-refractivity contribution >= 4 is 25.8 Å². The Morgan fingerprint density at radius 3 is 2.38 bits per heavy atom. The molecular formula is C9H9BrO2S. The molecule has 0 heterocycles. The topological polar surface area (TPSA) is 34.1 Å². The zero-order chi connectivity index (χ0) is 9.73. The summed E-state index contributed by atoms with van der Waals surface area (Å²) in [5.41, 5.74) is 0. The molecule has 1 aromatic carbocycles. The van der Waals surface area contributed by atoms with E-state index < -0.39 is 9.84 Å². The van der Waals surface area contributed by atoms with E-state index in [9.17, 15) is 8.42 Å². The second-order valence-corrected chi connectivity index (χ2v) is 4.87. The lowest BCUT2D eigenvalue weighted by atomic mass is 10.4. The van der Waals surface area contributed by atoms with Gasteiger partial charge in [0.1, 0.15) is 0 Å². The van der Waals surface area contributed by atoms with Gasteiger partial charge in [-0.25, -0.2) is 8.42 Å². The first kappa shape index (κ1) is 10.5. The van der Waals surface area contributed by atoms with Gasteiger partial charge >= 0.3 is 0 Å². The Kier molecular flexibility index (Phi) is 3.69. The molecule has 0 unspecified atom stereocenters. The third kappa shape index (κ3) is 2.97.